The van der Waals surface area contributed by atoms with Crippen LogP contribution in [0.1, 0.15) is 47.1 Å². The molecule has 0 saturated heterocycles. The van der Waals surface area contributed by atoms with E-state index in [9.17, 15) is 19.1 Å². The first kappa shape index (κ1) is 20.7. The maximum atomic E-state index is 13.8. The molecule has 0 fully saturated rings. The number of benzene rings is 1. The smallest absolute Gasteiger partial charge is 0.296 e. The van der Waals surface area contributed by atoms with E-state index in [0.29, 0.717) is 35.9 Å². The first-order valence-electron chi connectivity index (χ1n) is 9.79. The quantitative estimate of drug-likeness (QED) is 0.629. The van der Waals surface area contributed by atoms with Gasteiger partial charge in [-0.15, -0.1) is 0 Å². The van der Waals surface area contributed by atoms with Crippen molar-refractivity contribution in [3.8, 4) is 11.4 Å². The molecular formula is C20H21FN6O4. The van der Waals surface area contributed by atoms with Crippen LogP contribution in [0.5, 0.6) is 5.75 Å². The molecule has 0 aliphatic carbocycles. The van der Waals surface area contributed by atoms with Crippen LogP contribution in [-0.2, 0) is 17.8 Å². The van der Waals surface area contributed by atoms with E-state index in [0.717, 1.165) is 0 Å². The maximum absolute atomic E-state index is 13.8. The Hall–Kier alpha value is -3.60. The molecule has 0 saturated carbocycles. The molecule has 162 valence electrons. The van der Waals surface area contributed by atoms with Crippen molar-refractivity contribution in [1.29, 1.82) is 0 Å². The fraction of sp³-hybridized carbons (Fsp3) is 0.350. The van der Waals surface area contributed by atoms with E-state index in [2.05, 4.69) is 20.4 Å². The van der Waals surface area contributed by atoms with Crippen LogP contribution >= 0.6 is 0 Å². The Balaban J connectivity index is 1.63. The van der Waals surface area contributed by atoms with Gasteiger partial charge in [0.15, 0.2) is 5.69 Å². The molecule has 2 aromatic heterocycles. The molecule has 0 bridgehead atoms. The van der Waals surface area contributed by atoms with Crippen LogP contribution < -0.4 is 10.9 Å². The lowest BCUT2D eigenvalue weighted by molar-refractivity contribution is 0.0113. The Labute approximate surface area is 176 Å². The molecular weight excluding hydrogens is 407 g/mol. The molecule has 11 heteroatoms. The van der Waals surface area contributed by atoms with Gasteiger partial charge in [0.05, 0.1) is 18.8 Å². The van der Waals surface area contributed by atoms with Crippen LogP contribution in [0.2, 0.25) is 0 Å². The van der Waals surface area contributed by atoms with Crippen LogP contribution in [-0.4, -0.2) is 41.9 Å². The number of aromatic hydroxyl groups is 1. The lowest BCUT2D eigenvalue weighted by atomic mass is 10.1. The standard InChI is InChI=1S/C20H21FN6O4/c1-3-15-18-25-16(17(28)20(30)26(18)6-7-31-15)19(29)22-9-12-4-5-13(21)8-14(12)27-11(2)23-10-24-27/h4-5,8,10,15,28H,3,6-7,9H2,1-2H3,(H,22,29). The third-order valence-corrected chi connectivity index (χ3v) is 5.12. The van der Waals surface area contributed by atoms with Crippen molar-refractivity contribution in [3.63, 3.8) is 0 Å². The molecule has 0 radical (unpaired) electrons. The number of hydrogen-bond acceptors (Lipinski definition) is 7. The SMILES string of the molecule is CCC1OCCn2c1nc(C(=O)NCc1ccc(F)cc1-n1ncnc1C)c(O)c2=O. The first-order valence-corrected chi connectivity index (χ1v) is 9.79. The van der Waals surface area contributed by atoms with E-state index in [1.807, 2.05) is 6.92 Å². The number of ether oxygens (including phenoxy) is 1. The molecule has 1 aliphatic rings. The monoisotopic (exact) mass is 428 g/mol. The van der Waals surface area contributed by atoms with Gasteiger partial charge in [-0.3, -0.25) is 14.2 Å². The van der Waals surface area contributed by atoms with Crippen molar-refractivity contribution < 1.29 is 19.0 Å². The molecule has 4 rings (SSSR count). The second-order valence-corrected chi connectivity index (χ2v) is 7.07. The summed E-state index contributed by atoms with van der Waals surface area (Å²) in [5, 5.41) is 17.0. The summed E-state index contributed by atoms with van der Waals surface area (Å²) in [7, 11) is 0. The Bertz CT molecular complexity index is 1200. The van der Waals surface area contributed by atoms with Gasteiger partial charge in [-0.2, -0.15) is 5.10 Å². The fourth-order valence-corrected chi connectivity index (χ4v) is 3.52. The van der Waals surface area contributed by atoms with Gasteiger partial charge in [-0.1, -0.05) is 13.0 Å². The summed E-state index contributed by atoms with van der Waals surface area (Å²) >= 11 is 0. The van der Waals surface area contributed by atoms with Gasteiger partial charge in [0.25, 0.3) is 11.5 Å². The second-order valence-electron chi connectivity index (χ2n) is 7.07. The average Bonchev–Trinajstić information content (AvgIpc) is 3.20. The van der Waals surface area contributed by atoms with Crippen molar-refractivity contribution in [1.82, 2.24) is 29.6 Å². The molecule has 1 unspecified atom stereocenters. The van der Waals surface area contributed by atoms with Gasteiger partial charge < -0.3 is 15.2 Å². The summed E-state index contributed by atoms with van der Waals surface area (Å²) < 4.78 is 22.2. The number of rotatable bonds is 5. The van der Waals surface area contributed by atoms with E-state index < -0.39 is 29.1 Å². The highest BCUT2D eigenvalue weighted by molar-refractivity contribution is 5.94. The van der Waals surface area contributed by atoms with Crippen LogP contribution in [0, 0.1) is 12.7 Å². The molecule has 3 heterocycles. The molecule has 1 aromatic carbocycles. The number of nitrogens with one attached hydrogen (secondary N) is 1. The number of aryl methyl sites for hydroxylation is 1. The van der Waals surface area contributed by atoms with Gasteiger partial charge in [0.2, 0.25) is 5.75 Å². The predicted molar refractivity (Wildman–Crippen MR) is 106 cm³/mol. The van der Waals surface area contributed by atoms with E-state index in [1.54, 1.807) is 6.92 Å². The van der Waals surface area contributed by atoms with Crippen molar-refractivity contribution in [2.45, 2.75) is 39.5 Å². The van der Waals surface area contributed by atoms with Crippen LogP contribution in [0.15, 0.2) is 29.3 Å². The van der Waals surface area contributed by atoms with Crippen molar-refractivity contribution >= 4 is 5.91 Å². The zero-order chi connectivity index (χ0) is 22.1. The zero-order valence-electron chi connectivity index (χ0n) is 17.0. The minimum Gasteiger partial charge on any atom is -0.501 e. The number of amides is 1. The third kappa shape index (κ3) is 3.79. The van der Waals surface area contributed by atoms with E-state index >= 15 is 0 Å². The summed E-state index contributed by atoms with van der Waals surface area (Å²) in [5.74, 6) is -1.06. The lowest BCUT2D eigenvalue weighted by Crippen LogP contribution is -2.36. The average molecular weight is 428 g/mol. The van der Waals surface area contributed by atoms with Crippen LogP contribution in [0.3, 0.4) is 0 Å². The summed E-state index contributed by atoms with van der Waals surface area (Å²) in [6.45, 7) is 4.16. The number of hydrogen-bond donors (Lipinski definition) is 2. The number of carbonyl (C=O) groups excluding carboxylic acids is 1. The van der Waals surface area contributed by atoms with Gasteiger partial charge in [0.1, 0.15) is 29.9 Å². The third-order valence-electron chi connectivity index (χ3n) is 5.12. The molecule has 0 spiro atoms. The Morgan fingerprint density at radius 3 is 2.94 bits per heavy atom. The fourth-order valence-electron chi connectivity index (χ4n) is 3.52. The summed E-state index contributed by atoms with van der Waals surface area (Å²) in [6, 6.07) is 4.07. The molecule has 1 aliphatic heterocycles. The highest BCUT2D eigenvalue weighted by atomic mass is 19.1. The molecule has 31 heavy (non-hydrogen) atoms. The van der Waals surface area contributed by atoms with E-state index in [4.69, 9.17) is 4.74 Å². The van der Waals surface area contributed by atoms with E-state index in [-0.39, 0.29) is 18.8 Å². The summed E-state index contributed by atoms with van der Waals surface area (Å²) in [5.41, 5.74) is -0.0804. The van der Waals surface area contributed by atoms with Crippen LogP contribution in [0.25, 0.3) is 5.69 Å². The number of carbonyl (C=O) groups is 1. The molecule has 1 amide bonds. The number of aromatic nitrogens is 5. The largest absolute Gasteiger partial charge is 0.501 e. The number of fused-ring (bicyclic) bond motifs is 1. The Kier molecular flexibility index (Phi) is 5.51. The number of halogens is 1. The zero-order valence-corrected chi connectivity index (χ0v) is 17.0. The van der Waals surface area contributed by atoms with Crippen molar-refractivity contribution in [3.05, 3.63) is 63.6 Å². The van der Waals surface area contributed by atoms with Crippen LogP contribution in [0.4, 0.5) is 4.39 Å². The van der Waals surface area contributed by atoms with E-state index in [1.165, 1.54) is 33.8 Å². The molecule has 3 aromatic rings. The Morgan fingerprint density at radius 2 is 2.23 bits per heavy atom. The highest BCUT2D eigenvalue weighted by Gasteiger charge is 2.28. The normalized spacial score (nSPS) is 15.5. The molecule has 2 N–H and O–H groups in total. The van der Waals surface area contributed by atoms with Crippen molar-refractivity contribution in [2.24, 2.45) is 0 Å². The lowest BCUT2D eigenvalue weighted by Gasteiger charge is -2.26. The predicted octanol–water partition coefficient (Wildman–Crippen LogP) is 1.39. The topological polar surface area (TPSA) is 124 Å². The Morgan fingerprint density at radius 1 is 1.42 bits per heavy atom. The maximum Gasteiger partial charge on any atom is 0.296 e. The van der Waals surface area contributed by atoms with Gasteiger partial charge >= 0.3 is 0 Å². The molecule has 10 nitrogen and oxygen atoms in total. The first-order chi connectivity index (χ1) is 14.9. The second kappa shape index (κ2) is 8.26. The van der Waals surface area contributed by atoms with Gasteiger partial charge in [-0.25, -0.2) is 19.0 Å². The summed E-state index contributed by atoms with van der Waals surface area (Å²) in [6.07, 6.45) is 1.47. The number of nitrogens with zero attached hydrogens (tertiary/aromatic N) is 5. The molecule has 1 atom stereocenters. The highest BCUT2D eigenvalue weighted by Crippen LogP contribution is 2.24. The minimum absolute atomic E-state index is 0.0129. The van der Waals surface area contributed by atoms with Crippen molar-refractivity contribution in [2.75, 3.05) is 6.61 Å². The van der Waals surface area contributed by atoms with Gasteiger partial charge in [0, 0.05) is 6.54 Å². The minimum atomic E-state index is -0.732. The summed E-state index contributed by atoms with van der Waals surface area (Å²) in [4.78, 5) is 33.6. The van der Waals surface area contributed by atoms with Gasteiger partial charge in [-0.05, 0) is 31.0 Å².